The average Bonchev–Trinajstić information content (AvgIpc) is 2.26. The Hall–Kier alpha value is -1.09. The lowest BCUT2D eigenvalue weighted by Crippen LogP contribution is -2.32. The van der Waals surface area contributed by atoms with Crippen LogP contribution in [-0.4, -0.2) is 12.6 Å². The maximum atomic E-state index is 14.0. The third kappa shape index (κ3) is 3.43. The van der Waals surface area contributed by atoms with E-state index >= 15 is 0 Å². The van der Waals surface area contributed by atoms with Crippen LogP contribution < -0.4 is 10.6 Å². The Morgan fingerprint density at radius 3 is 2.35 bits per heavy atom. The molecule has 0 fully saturated rings. The molecule has 96 valence electrons. The first kappa shape index (κ1) is 14.0. The standard InChI is InChI=1S/C14H23FN2/c1-5-8-17(10(2)3)14-7-6-12(11(4)16)9-13(14)15/h6-7,9-11H,5,8,16H2,1-4H3. The van der Waals surface area contributed by atoms with Crippen molar-refractivity contribution in [3.05, 3.63) is 29.6 Å². The number of halogens is 1. The van der Waals surface area contributed by atoms with Crippen LogP contribution in [0.1, 0.15) is 45.7 Å². The van der Waals surface area contributed by atoms with Gasteiger partial charge in [-0.05, 0) is 44.9 Å². The molecule has 2 nitrogen and oxygen atoms in total. The van der Waals surface area contributed by atoms with Crippen LogP contribution in [0.3, 0.4) is 0 Å². The first-order valence-corrected chi connectivity index (χ1v) is 6.29. The van der Waals surface area contributed by atoms with Gasteiger partial charge in [0.15, 0.2) is 0 Å². The van der Waals surface area contributed by atoms with Crippen LogP contribution >= 0.6 is 0 Å². The smallest absolute Gasteiger partial charge is 0.146 e. The number of hydrogen-bond donors (Lipinski definition) is 1. The molecule has 1 aromatic carbocycles. The molecule has 0 saturated carbocycles. The Balaban J connectivity index is 3.04. The van der Waals surface area contributed by atoms with E-state index in [2.05, 4.69) is 25.7 Å². The second kappa shape index (κ2) is 6.01. The van der Waals surface area contributed by atoms with Gasteiger partial charge in [-0.25, -0.2) is 4.39 Å². The van der Waals surface area contributed by atoms with E-state index in [0.29, 0.717) is 11.7 Å². The van der Waals surface area contributed by atoms with Crippen molar-refractivity contribution in [3.63, 3.8) is 0 Å². The molecule has 0 aliphatic heterocycles. The summed E-state index contributed by atoms with van der Waals surface area (Å²) in [5.41, 5.74) is 7.26. The van der Waals surface area contributed by atoms with Gasteiger partial charge in [0.2, 0.25) is 0 Å². The molecular formula is C14H23FN2. The summed E-state index contributed by atoms with van der Waals surface area (Å²) in [5, 5.41) is 0. The van der Waals surface area contributed by atoms with Crippen molar-refractivity contribution in [1.82, 2.24) is 0 Å². The highest BCUT2D eigenvalue weighted by Crippen LogP contribution is 2.24. The van der Waals surface area contributed by atoms with E-state index in [9.17, 15) is 4.39 Å². The largest absolute Gasteiger partial charge is 0.367 e. The predicted octanol–water partition coefficient (Wildman–Crippen LogP) is 3.47. The van der Waals surface area contributed by atoms with Crippen LogP contribution in [0.5, 0.6) is 0 Å². The Morgan fingerprint density at radius 2 is 1.94 bits per heavy atom. The summed E-state index contributed by atoms with van der Waals surface area (Å²) >= 11 is 0. The second-order valence-electron chi connectivity index (χ2n) is 4.79. The van der Waals surface area contributed by atoms with Gasteiger partial charge in [0, 0.05) is 18.6 Å². The van der Waals surface area contributed by atoms with Gasteiger partial charge in [-0.1, -0.05) is 13.0 Å². The molecule has 1 aromatic rings. The van der Waals surface area contributed by atoms with Crippen LogP contribution in [0.4, 0.5) is 10.1 Å². The molecule has 1 atom stereocenters. The Morgan fingerprint density at radius 1 is 1.29 bits per heavy atom. The molecule has 0 heterocycles. The van der Waals surface area contributed by atoms with Crippen molar-refractivity contribution in [2.24, 2.45) is 5.73 Å². The quantitative estimate of drug-likeness (QED) is 0.851. The molecule has 0 amide bonds. The van der Waals surface area contributed by atoms with Gasteiger partial charge in [0.05, 0.1) is 5.69 Å². The van der Waals surface area contributed by atoms with E-state index in [4.69, 9.17) is 5.73 Å². The molecule has 17 heavy (non-hydrogen) atoms. The van der Waals surface area contributed by atoms with Crippen LogP contribution in [0.25, 0.3) is 0 Å². The summed E-state index contributed by atoms with van der Waals surface area (Å²) in [5.74, 6) is -0.179. The van der Waals surface area contributed by atoms with Crippen LogP contribution in [0.15, 0.2) is 18.2 Å². The first-order valence-electron chi connectivity index (χ1n) is 6.29. The van der Waals surface area contributed by atoms with Gasteiger partial charge < -0.3 is 10.6 Å². The molecule has 0 bridgehead atoms. The lowest BCUT2D eigenvalue weighted by atomic mass is 10.1. The van der Waals surface area contributed by atoms with Crippen molar-refractivity contribution in [1.29, 1.82) is 0 Å². The average molecular weight is 238 g/mol. The molecule has 1 rings (SSSR count). The second-order valence-corrected chi connectivity index (χ2v) is 4.79. The van der Waals surface area contributed by atoms with Crippen molar-refractivity contribution >= 4 is 5.69 Å². The number of rotatable bonds is 5. The maximum absolute atomic E-state index is 14.0. The van der Waals surface area contributed by atoms with Gasteiger partial charge in [-0.3, -0.25) is 0 Å². The highest BCUT2D eigenvalue weighted by Gasteiger charge is 2.14. The molecule has 0 spiro atoms. The summed E-state index contributed by atoms with van der Waals surface area (Å²) in [4.78, 5) is 2.08. The highest BCUT2D eigenvalue weighted by molar-refractivity contribution is 5.50. The van der Waals surface area contributed by atoms with E-state index < -0.39 is 0 Å². The minimum atomic E-state index is -0.179. The Kier molecular flexibility index (Phi) is 4.94. The lowest BCUT2D eigenvalue weighted by molar-refractivity contribution is 0.593. The molecular weight excluding hydrogens is 215 g/mol. The zero-order valence-electron chi connectivity index (χ0n) is 11.2. The number of hydrogen-bond acceptors (Lipinski definition) is 2. The third-order valence-corrected chi connectivity index (χ3v) is 2.89. The summed E-state index contributed by atoms with van der Waals surface area (Å²) in [7, 11) is 0. The molecule has 0 aliphatic rings. The van der Waals surface area contributed by atoms with Crippen molar-refractivity contribution in [2.45, 2.75) is 46.2 Å². The normalized spacial score (nSPS) is 12.9. The van der Waals surface area contributed by atoms with Crippen LogP contribution in [-0.2, 0) is 0 Å². The van der Waals surface area contributed by atoms with E-state index in [1.807, 2.05) is 19.1 Å². The van der Waals surface area contributed by atoms with Gasteiger partial charge >= 0.3 is 0 Å². The maximum Gasteiger partial charge on any atom is 0.146 e. The number of nitrogens with zero attached hydrogens (tertiary/aromatic N) is 1. The summed E-state index contributed by atoms with van der Waals surface area (Å²) in [6, 6.07) is 5.46. The fourth-order valence-electron chi connectivity index (χ4n) is 1.94. The van der Waals surface area contributed by atoms with Crippen LogP contribution in [0.2, 0.25) is 0 Å². The fourth-order valence-corrected chi connectivity index (χ4v) is 1.94. The zero-order valence-corrected chi connectivity index (χ0v) is 11.2. The van der Waals surface area contributed by atoms with Crippen LogP contribution in [0, 0.1) is 5.82 Å². The van der Waals surface area contributed by atoms with E-state index in [1.165, 1.54) is 0 Å². The molecule has 1 unspecified atom stereocenters. The predicted molar refractivity (Wildman–Crippen MR) is 71.8 cm³/mol. The number of benzene rings is 1. The molecule has 3 heteroatoms. The van der Waals surface area contributed by atoms with Crippen molar-refractivity contribution in [2.75, 3.05) is 11.4 Å². The lowest BCUT2D eigenvalue weighted by Gasteiger charge is -2.29. The van der Waals surface area contributed by atoms with E-state index in [-0.39, 0.29) is 11.9 Å². The summed E-state index contributed by atoms with van der Waals surface area (Å²) in [6.07, 6.45) is 1.01. The monoisotopic (exact) mass is 238 g/mol. The fraction of sp³-hybridized carbons (Fsp3) is 0.571. The SMILES string of the molecule is CCCN(c1ccc(C(C)N)cc1F)C(C)C. The van der Waals surface area contributed by atoms with Gasteiger partial charge in [0.25, 0.3) is 0 Å². The molecule has 0 saturated heterocycles. The zero-order chi connectivity index (χ0) is 13.0. The van der Waals surface area contributed by atoms with E-state index in [0.717, 1.165) is 18.5 Å². The van der Waals surface area contributed by atoms with Gasteiger partial charge in [-0.15, -0.1) is 0 Å². The van der Waals surface area contributed by atoms with Crippen molar-refractivity contribution < 1.29 is 4.39 Å². The third-order valence-electron chi connectivity index (χ3n) is 2.89. The molecule has 0 aromatic heterocycles. The van der Waals surface area contributed by atoms with Gasteiger partial charge in [-0.2, -0.15) is 0 Å². The summed E-state index contributed by atoms with van der Waals surface area (Å²) in [6.45, 7) is 8.99. The minimum Gasteiger partial charge on any atom is -0.367 e. The molecule has 2 N–H and O–H groups in total. The first-order chi connectivity index (χ1) is 7.97. The number of anilines is 1. The minimum absolute atomic E-state index is 0.128. The van der Waals surface area contributed by atoms with E-state index in [1.54, 1.807) is 6.07 Å². The highest BCUT2D eigenvalue weighted by atomic mass is 19.1. The van der Waals surface area contributed by atoms with Crippen molar-refractivity contribution in [3.8, 4) is 0 Å². The molecule has 0 aliphatic carbocycles. The van der Waals surface area contributed by atoms with Gasteiger partial charge in [0.1, 0.15) is 5.82 Å². The summed E-state index contributed by atoms with van der Waals surface area (Å²) < 4.78 is 14.0. The number of nitrogens with two attached hydrogens (primary N) is 1. The Labute approximate surface area is 104 Å². The molecule has 0 radical (unpaired) electrons. The Bertz CT molecular complexity index is 361. The topological polar surface area (TPSA) is 29.3 Å².